The highest BCUT2D eigenvalue weighted by atomic mass is 16.6. The van der Waals surface area contributed by atoms with E-state index in [9.17, 15) is 9.59 Å². The number of anilines is 1. The molecule has 1 aromatic rings. The van der Waals surface area contributed by atoms with Gasteiger partial charge < -0.3 is 14.5 Å². The second-order valence-corrected chi connectivity index (χ2v) is 9.34. The minimum atomic E-state index is -0.470. The molecule has 1 aromatic carbocycles. The molecule has 0 bridgehead atoms. The van der Waals surface area contributed by atoms with Gasteiger partial charge in [-0.25, -0.2) is 4.79 Å². The predicted octanol–water partition coefficient (Wildman–Crippen LogP) is 4.62. The van der Waals surface area contributed by atoms with Crippen LogP contribution < -0.4 is 4.90 Å². The van der Waals surface area contributed by atoms with E-state index in [-0.39, 0.29) is 12.0 Å². The summed E-state index contributed by atoms with van der Waals surface area (Å²) in [6, 6.07) is 4.36. The Kier molecular flexibility index (Phi) is 6.01. The number of ether oxygens (including phenoxy) is 1. The lowest BCUT2D eigenvalue weighted by Gasteiger charge is -2.35. The van der Waals surface area contributed by atoms with Crippen LogP contribution in [0.1, 0.15) is 63.1 Å². The number of carbonyl (C=O) groups excluding carboxylic acids is 2. The highest BCUT2D eigenvalue weighted by molar-refractivity contribution is 5.95. The Morgan fingerprint density at radius 1 is 1.11 bits per heavy atom. The van der Waals surface area contributed by atoms with Crippen molar-refractivity contribution >= 4 is 17.7 Å². The molecule has 0 atom stereocenters. The quantitative estimate of drug-likeness (QED) is 0.745. The van der Waals surface area contributed by atoms with Crippen LogP contribution in [-0.4, -0.2) is 42.1 Å². The number of fused-ring (bicyclic) bond motifs is 1. The van der Waals surface area contributed by atoms with E-state index in [0.717, 1.165) is 37.9 Å². The Bertz CT molecular complexity index is 743. The number of likely N-dealkylation sites (tertiary alicyclic amines) is 1. The maximum Gasteiger partial charge on any atom is 0.410 e. The van der Waals surface area contributed by atoms with Crippen molar-refractivity contribution < 1.29 is 14.3 Å². The van der Waals surface area contributed by atoms with Crippen molar-refractivity contribution in [2.45, 2.75) is 72.3 Å². The lowest BCUT2D eigenvalue weighted by molar-refractivity contribution is -0.119. The zero-order valence-electron chi connectivity index (χ0n) is 18.0. The van der Waals surface area contributed by atoms with Gasteiger partial charge in [-0.3, -0.25) is 4.79 Å². The van der Waals surface area contributed by atoms with Gasteiger partial charge in [0, 0.05) is 31.7 Å². The molecule has 2 aliphatic rings. The Morgan fingerprint density at radius 3 is 2.43 bits per heavy atom. The fraction of sp³-hybridized carbons (Fsp3) is 0.652. The summed E-state index contributed by atoms with van der Waals surface area (Å²) in [5.74, 6) is 0.559. The van der Waals surface area contributed by atoms with Crippen LogP contribution in [0.5, 0.6) is 0 Å². The van der Waals surface area contributed by atoms with E-state index in [1.807, 2.05) is 25.7 Å². The molecule has 0 aromatic heterocycles. The van der Waals surface area contributed by atoms with Gasteiger partial charge in [-0.05, 0) is 89.0 Å². The van der Waals surface area contributed by atoms with Gasteiger partial charge >= 0.3 is 6.09 Å². The number of aryl methyl sites for hydroxylation is 2. The van der Waals surface area contributed by atoms with Crippen LogP contribution in [0.2, 0.25) is 0 Å². The molecule has 1 saturated heterocycles. The van der Waals surface area contributed by atoms with E-state index in [0.29, 0.717) is 25.4 Å². The number of rotatable bonds is 2. The second-order valence-electron chi connectivity index (χ2n) is 9.34. The summed E-state index contributed by atoms with van der Waals surface area (Å²) in [4.78, 5) is 29.1. The molecular formula is C23H34N2O3. The first kappa shape index (κ1) is 20.7. The molecule has 0 aliphatic carbocycles. The number of amides is 2. The van der Waals surface area contributed by atoms with Crippen molar-refractivity contribution in [3.05, 3.63) is 28.8 Å². The molecule has 0 saturated carbocycles. The van der Waals surface area contributed by atoms with E-state index in [4.69, 9.17) is 4.74 Å². The highest BCUT2D eigenvalue weighted by Crippen LogP contribution is 2.33. The van der Waals surface area contributed by atoms with Crippen LogP contribution in [0, 0.1) is 19.8 Å². The van der Waals surface area contributed by atoms with Crippen LogP contribution in [0.15, 0.2) is 12.1 Å². The molecule has 0 N–H and O–H groups in total. The average Bonchev–Trinajstić information content (AvgIpc) is 2.60. The number of nitrogens with zero attached hydrogens (tertiary/aromatic N) is 2. The third-order valence-corrected chi connectivity index (χ3v) is 5.72. The van der Waals surface area contributed by atoms with Crippen LogP contribution in [0.25, 0.3) is 0 Å². The van der Waals surface area contributed by atoms with Crippen LogP contribution in [0.3, 0.4) is 0 Å². The van der Waals surface area contributed by atoms with Gasteiger partial charge in [-0.2, -0.15) is 0 Å². The minimum Gasteiger partial charge on any atom is -0.444 e. The lowest BCUT2D eigenvalue weighted by Crippen LogP contribution is -2.43. The number of piperidine rings is 1. The highest BCUT2D eigenvalue weighted by Gasteiger charge is 2.30. The Hall–Kier alpha value is -2.04. The van der Waals surface area contributed by atoms with E-state index in [1.165, 1.54) is 16.7 Å². The average molecular weight is 387 g/mol. The molecule has 0 unspecified atom stereocenters. The first-order valence-electron chi connectivity index (χ1n) is 10.5. The summed E-state index contributed by atoms with van der Waals surface area (Å²) in [7, 11) is 0. The Balaban J connectivity index is 1.58. The van der Waals surface area contributed by atoms with Gasteiger partial charge in [0.15, 0.2) is 0 Å². The summed E-state index contributed by atoms with van der Waals surface area (Å²) < 4.78 is 5.46. The minimum absolute atomic E-state index is 0.224. The number of hydrogen-bond acceptors (Lipinski definition) is 3. The maximum absolute atomic E-state index is 13.1. The lowest BCUT2D eigenvalue weighted by atomic mass is 9.91. The first-order chi connectivity index (χ1) is 13.1. The Labute approximate surface area is 169 Å². The van der Waals surface area contributed by atoms with E-state index in [1.54, 1.807) is 4.90 Å². The molecule has 3 rings (SSSR count). The monoisotopic (exact) mass is 386 g/mol. The summed E-state index contributed by atoms with van der Waals surface area (Å²) >= 11 is 0. The van der Waals surface area contributed by atoms with Gasteiger partial charge in [0.05, 0.1) is 0 Å². The van der Waals surface area contributed by atoms with Crippen molar-refractivity contribution in [3.63, 3.8) is 0 Å². The molecule has 2 aliphatic heterocycles. The van der Waals surface area contributed by atoms with Crippen molar-refractivity contribution in [3.8, 4) is 0 Å². The second kappa shape index (κ2) is 8.14. The largest absolute Gasteiger partial charge is 0.444 e. The van der Waals surface area contributed by atoms with Crippen molar-refractivity contribution in [1.29, 1.82) is 0 Å². The molecule has 0 spiro atoms. The molecule has 28 heavy (non-hydrogen) atoms. The van der Waals surface area contributed by atoms with Gasteiger partial charge in [-0.15, -0.1) is 0 Å². The predicted molar refractivity (Wildman–Crippen MR) is 112 cm³/mol. The zero-order valence-corrected chi connectivity index (χ0v) is 18.0. The number of benzene rings is 1. The van der Waals surface area contributed by atoms with E-state index in [2.05, 4.69) is 26.0 Å². The smallest absolute Gasteiger partial charge is 0.410 e. The fourth-order valence-electron chi connectivity index (χ4n) is 4.34. The third-order valence-electron chi connectivity index (χ3n) is 5.72. The van der Waals surface area contributed by atoms with Crippen LogP contribution >= 0.6 is 0 Å². The summed E-state index contributed by atoms with van der Waals surface area (Å²) in [5, 5.41) is 0. The molecule has 2 heterocycles. The van der Waals surface area contributed by atoms with Gasteiger partial charge in [0.1, 0.15) is 5.60 Å². The zero-order chi connectivity index (χ0) is 20.5. The standard InChI is InChI=1S/C23H34N2O3/c1-16-13-17(2)19-7-6-10-25(20(19)14-16)21(26)15-18-8-11-24(12-9-18)22(27)28-23(3,4)5/h13-14,18H,6-12,15H2,1-5H3. The van der Waals surface area contributed by atoms with Gasteiger partial charge in [0.2, 0.25) is 5.91 Å². The topological polar surface area (TPSA) is 49.9 Å². The van der Waals surface area contributed by atoms with Crippen molar-refractivity contribution in [1.82, 2.24) is 4.90 Å². The number of hydrogen-bond donors (Lipinski definition) is 0. The van der Waals surface area contributed by atoms with Crippen LogP contribution in [0.4, 0.5) is 10.5 Å². The van der Waals surface area contributed by atoms with Crippen molar-refractivity contribution in [2.24, 2.45) is 5.92 Å². The molecule has 5 heteroatoms. The fourth-order valence-corrected chi connectivity index (χ4v) is 4.34. The summed E-state index contributed by atoms with van der Waals surface area (Å²) in [5.41, 5.74) is 4.46. The number of carbonyl (C=O) groups is 2. The maximum atomic E-state index is 13.1. The first-order valence-corrected chi connectivity index (χ1v) is 10.5. The van der Waals surface area contributed by atoms with E-state index < -0.39 is 5.60 Å². The van der Waals surface area contributed by atoms with Crippen LogP contribution in [-0.2, 0) is 16.0 Å². The molecule has 1 fully saturated rings. The van der Waals surface area contributed by atoms with Gasteiger partial charge in [-0.1, -0.05) is 6.07 Å². The molecule has 154 valence electrons. The summed E-state index contributed by atoms with van der Waals surface area (Å²) in [6.07, 6.45) is 4.12. The normalized spacial score (nSPS) is 18.0. The third kappa shape index (κ3) is 4.86. The Morgan fingerprint density at radius 2 is 1.79 bits per heavy atom. The molecule has 0 radical (unpaired) electrons. The molecule has 2 amide bonds. The molecule has 5 nitrogen and oxygen atoms in total. The SMILES string of the molecule is Cc1cc(C)c2c(c1)N(C(=O)CC1CCN(C(=O)OC(C)(C)C)CC1)CCC2. The van der Waals surface area contributed by atoms with Crippen molar-refractivity contribution in [2.75, 3.05) is 24.5 Å². The molecular weight excluding hydrogens is 352 g/mol. The van der Waals surface area contributed by atoms with E-state index >= 15 is 0 Å². The van der Waals surface area contributed by atoms with Gasteiger partial charge in [0.25, 0.3) is 0 Å². The summed E-state index contributed by atoms with van der Waals surface area (Å²) in [6.45, 7) is 12.0.